The quantitative estimate of drug-likeness (QED) is 0.763. The van der Waals surface area contributed by atoms with E-state index in [0.717, 1.165) is 24.2 Å². The van der Waals surface area contributed by atoms with Crippen LogP contribution in [0, 0.1) is 5.41 Å². The van der Waals surface area contributed by atoms with Crippen LogP contribution in [0.2, 0.25) is 0 Å². The van der Waals surface area contributed by atoms with Gasteiger partial charge in [0.25, 0.3) is 0 Å². The van der Waals surface area contributed by atoms with Gasteiger partial charge < -0.3 is 9.64 Å². The maximum atomic E-state index is 12.5. The molecule has 1 aliphatic rings. The summed E-state index contributed by atoms with van der Waals surface area (Å²) >= 11 is 0. The summed E-state index contributed by atoms with van der Waals surface area (Å²) in [6.07, 6.45) is 0.959. The Balaban J connectivity index is 2.40. The van der Waals surface area contributed by atoms with E-state index in [4.69, 9.17) is 4.74 Å². The predicted molar refractivity (Wildman–Crippen MR) is 72.6 cm³/mol. The third kappa shape index (κ3) is 2.27. The number of rotatable bonds is 1. The van der Waals surface area contributed by atoms with E-state index in [1.54, 1.807) is 7.11 Å². The molecule has 3 nitrogen and oxygen atoms in total. The lowest BCUT2D eigenvalue weighted by Gasteiger charge is -2.36. The van der Waals surface area contributed by atoms with Crippen LogP contribution >= 0.6 is 0 Å². The fourth-order valence-electron chi connectivity index (χ4n) is 2.39. The average Bonchev–Trinajstić information content (AvgIpc) is 2.35. The Morgan fingerprint density at radius 2 is 2.00 bits per heavy atom. The van der Waals surface area contributed by atoms with E-state index in [2.05, 4.69) is 0 Å². The predicted octanol–water partition coefficient (Wildman–Crippen LogP) is 3.16. The normalized spacial score (nSPS) is 19.6. The van der Waals surface area contributed by atoms with Crippen LogP contribution in [0.5, 0.6) is 0 Å². The Hall–Kier alpha value is -1.35. The Morgan fingerprint density at radius 1 is 1.33 bits per heavy atom. The van der Waals surface area contributed by atoms with Crippen molar-refractivity contribution in [1.82, 2.24) is 0 Å². The van der Waals surface area contributed by atoms with Gasteiger partial charge in [0.15, 0.2) is 0 Å². The first-order valence-corrected chi connectivity index (χ1v) is 6.39. The summed E-state index contributed by atoms with van der Waals surface area (Å²) in [5.74, 6) is 0.171. The lowest BCUT2D eigenvalue weighted by molar-refractivity contribution is -0.126. The van der Waals surface area contributed by atoms with E-state index in [-0.39, 0.29) is 17.4 Å². The van der Waals surface area contributed by atoms with Crippen molar-refractivity contribution in [2.75, 3.05) is 18.6 Å². The van der Waals surface area contributed by atoms with Crippen LogP contribution in [0.4, 0.5) is 5.69 Å². The molecule has 1 aromatic rings. The summed E-state index contributed by atoms with van der Waals surface area (Å²) in [6, 6.07) is 8.02. The Morgan fingerprint density at radius 3 is 2.61 bits per heavy atom. The molecule has 18 heavy (non-hydrogen) atoms. The zero-order valence-electron chi connectivity index (χ0n) is 11.6. The van der Waals surface area contributed by atoms with Gasteiger partial charge in [-0.3, -0.25) is 4.79 Å². The summed E-state index contributed by atoms with van der Waals surface area (Å²) in [6.45, 7) is 6.60. The number of nitrogens with zero attached hydrogens (tertiary/aromatic N) is 1. The van der Waals surface area contributed by atoms with Gasteiger partial charge in [-0.1, -0.05) is 39.0 Å². The van der Waals surface area contributed by atoms with E-state index < -0.39 is 0 Å². The molecule has 1 unspecified atom stereocenters. The minimum Gasteiger partial charge on any atom is -0.377 e. The molecule has 0 spiro atoms. The first-order valence-electron chi connectivity index (χ1n) is 6.39. The summed E-state index contributed by atoms with van der Waals surface area (Å²) in [7, 11) is 1.72. The molecular weight excluding hydrogens is 226 g/mol. The third-order valence-electron chi connectivity index (χ3n) is 3.36. The van der Waals surface area contributed by atoms with Crippen LogP contribution in [-0.4, -0.2) is 19.6 Å². The number of anilines is 1. The van der Waals surface area contributed by atoms with Crippen LogP contribution in [-0.2, 0) is 9.53 Å². The Bertz CT molecular complexity index is 448. The average molecular weight is 247 g/mol. The molecule has 0 aromatic heterocycles. The fourth-order valence-corrected chi connectivity index (χ4v) is 2.39. The van der Waals surface area contributed by atoms with Gasteiger partial charge in [0.1, 0.15) is 0 Å². The molecule has 0 N–H and O–H groups in total. The van der Waals surface area contributed by atoms with Gasteiger partial charge in [0.2, 0.25) is 5.91 Å². The highest BCUT2D eigenvalue weighted by molar-refractivity contribution is 5.98. The van der Waals surface area contributed by atoms with E-state index in [9.17, 15) is 4.79 Å². The number of methoxy groups -OCH3 is 1. The maximum absolute atomic E-state index is 12.5. The monoisotopic (exact) mass is 247 g/mol. The van der Waals surface area contributed by atoms with E-state index in [1.807, 2.05) is 49.9 Å². The minimum atomic E-state index is -0.354. The molecule has 0 radical (unpaired) electrons. The number of hydrogen-bond donors (Lipinski definition) is 0. The van der Waals surface area contributed by atoms with Crippen LogP contribution in [0.25, 0.3) is 0 Å². The first kappa shape index (κ1) is 13.1. The number of para-hydroxylation sites is 1. The van der Waals surface area contributed by atoms with Gasteiger partial charge in [0, 0.05) is 30.3 Å². The Labute approximate surface area is 109 Å². The number of hydrogen-bond acceptors (Lipinski definition) is 2. The van der Waals surface area contributed by atoms with Gasteiger partial charge in [0.05, 0.1) is 6.10 Å². The van der Waals surface area contributed by atoms with Crippen molar-refractivity contribution in [2.45, 2.75) is 33.3 Å². The summed E-state index contributed by atoms with van der Waals surface area (Å²) in [5.41, 5.74) is 1.76. The third-order valence-corrected chi connectivity index (χ3v) is 3.36. The molecule has 0 saturated carbocycles. The number of carbonyl (C=O) groups is 1. The summed E-state index contributed by atoms with van der Waals surface area (Å²) in [4.78, 5) is 14.4. The lowest BCUT2D eigenvalue weighted by atomic mass is 9.91. The number of fused-ring (bicyclic) bond motifs is 1. The molecular formula is C15H21NO2. The molecule has 0 aliphatic carbocycles. The molecule has 98 valence electrons. The smallest absolute Gasteiger partial charge is 0.232 e. The first-order chi connectivity index (χ1) is 8.45. The van der Waals surface area contributed by atoms with E-state index in [1.165, 1.54) is 0 Å². The van der Waals surface area contributed by atoms with Gasteiger partial charge in [-0.2, -0.15) is 0 Å². The van der Waals surface area contributed by atoms with Crippen LogP contribution < -0.4 is 4.90 Å². The molecule has 0 bridgehead atoms. The molecule has 0 saturated heterocycles. The lowest BCUT2D eigenvalue weighted by Crippen LogP contribution is -2.43. The topological polar surface area (TPSA) is 29.5 Å². The standard InChI is InChI=1S/C15H21NO2/c1-15(2,3)14(17)16-10-9-13(18-4)11-7-5-6-8-12(11)16/h5-8,13H,9-10H2,1-4H3. The van der Waals surface area contributed by atoms with Crippen molar-refractivity contribution in [3.63, 3.8) is 0 Å². The van der Waals surface area contributed by atoms with E-state index in [0.29, 0.717) is 0 Å². The molecule has 1 amide bonds. The van der Waals surface area contributed by atoms with Crippen molar-refractivity contribution in [1.29, 1.82) is 0 Å². The van der Waals surface area contributed by atoms with Crippen LogP contribution in [0.3, 0.4) is 0 Å². The molecule has 1 aliphatic heterocycles. The zero-order valence-corrected chi connectivity index (χ0v) is 11.6. The second-order valence-corrected chi connectivity index (χ2v) is 5.78. The molecule has 1 aromatic carbocycles. The fraction of sp³-hybridized carbons (Fsp3) is 0.533. The molecule has 3 heteroatoms. The van der Waals surface area contributed by atoms with Gasteiger partial charge in [-0.25, -0.2) is 0 Å². The van der Waals surface area contributed by atoms with Crippen LogP contribution in [0.15, 0.2) is 24.3 Å². The van der Waals surface area contributed by atoms with Crippen molar-refractivity contribution in [2.24, 2.45) is 5.41 Å². The second-order valence-electron chi connectivity index (χ2n) is 5.78. The van der Waals surface area contributed by atoms with Gasteiger partial charge in [-0.15, -0.1) is 0 Å². The Kier molecular flexibility index (Phi) is 3.44. The number of ether oxygens (including phenoxy) is 1. The highest BCUT2D eigenvalue weighted by Crippen LogP contribution is 2.37. The van der Waals surface area contributed by atoms with Crippen molar-refractivity contribution in [3.05, 3.63) is 29.8 Å². The maximum Gasteiger partial charge on any atom is 0.232 e. The summed E-state index contributed by atoms with van der Waals surface area (Å²) in [5, 5.41) is 0. The van der Waals surface area contributed by atoms with Crippen molar-refractivity contribution >= 4 is 11.6 Å². The number of carbonyl (C=O) groups excluding carboxylic acids is 1. The highest BCUT2D eigenvalue weighted by Gasteiger charge is 2.33. The second kappa shape index (κ2) is 4.73. The van der Waals surface area contributed by atoms with Gasteiger partial charge in [-0.05, 0) is 12.5 Å². The largest absolute Gasteiger partial charge is 0.377 e. The molecule has 0 fully saturated rings. The van der Waals surface area contributed by atoms with Crippen LogP contribution in [0.1, 0.15) is 38.9 Å². The van der Waals surface area contributed by atoms with Crippen molar-refractivity contribution in [3.8, 4) is 0 Å². The summed E-state index contributed by atoms with van der Waals surface area (Å²) < 4.78 is 5.49. The molecule has 1 atom stereocenters. The van der Waals surface area contributed by atoms with Crippen molar-refractivity contribution < 1.29 is 9.53 Å². The minimum absolute atomic E-state index is 0.102. The molecule has 1 heterocycles. The number of benzene rings is 1. The highest BCUT2D eigenvalue weighted by atomic mass is 16.5. The van der Waals surface area contributed by atoms with E-state index >= 15 is 0 Å². The zero-order chi connectivity index (χ0) is 13.3. The SMILES string of the molecule is COC1CCN(C(=O)C(C)(C)C)c2ccccc21. The molecule has 2 rings (SSSR count). The van der Waals surface area contributed by atoms with Gasteiger partial charge >= 0.3 is 0 Å². The number of amides is 1.